The SMILES string of the molecule is NC1CCC(F)(F)CC1.O=C1[C@H](Cc2c(Cl)cc(O)cc2Cl)CCN1C1CCC(F)(F)CC1.O=C1[C@H](Cc2c(Cl)cc(OCc3ccccc3)cc2Cl)CCN1C1CCC(F)(F)CC1.O=CC[C@@H](Cc1c(Cl)cc(OCc2ccccc2)cc1Cl)C(=O)N1C(=O)OC[C@H]1Cc1ccccc1. The summed E-state index contributed by atoms with van der Waals surface area (Å²) in [5, 5.41) is 11.7. The van der Waals surface area contributed by atoms with Gasteiger partial charge < -0.3 is 39.6 Å². The fourth-order valence-electron chi connectivity index (χ4n) is 13.4. The molecule has 13 nitrogen and oxygen atoms in total. The molecule has 0 bridgehead atoms. The number of halogens is 12. The maximum absolute atomic E-state index is 13.5. The lowest BCUT2D eigenvalue weighted by Gasteiger charge is -2.34. The van der Waals surface area contributed by atoms with Gasteiger partial charge in [-0.25, -0.2) is 36.0 Å². The quantitative estimate of drug-likeness (QED) is 0.0588. The number of phenols is 1. The number of phenolic OH excluding ortho intramolecular Hbond substituents is 1. The van der Waals surface area contributed by atoms with Crippen molar-refractivity contribution in [2.24, 2.45) is 23.5 Å². The van der Waals surface area contributed by atoms with Crippen molar-refractivity contribution in [3.05, 3.63) is 191 Å². The van der Waals surface area contributed by atoms with Gasteiger partial charge in [0.2, 0.25) is 35.5 Å². The largest absolute Gasteiger partial charge is 0.508 e. The van der Waals surface area contributed by atoms with E-state index in [9.17, 15) is 55.4 Å². The Kier molecular flexibility index (Phi) is 27.7. The number of imide groups is 1. The standard InChI is InChI=1S/C28H25Cl2NO5.C24H25Cl2F2NO2.C17H19Cl2F2NO2.C6H11F2N/c29-25-15-23(35-17-20-9-5-2-6-10-20)16-26(30)24(25)14-21(11-12-32)27(33)31-22(18-36-28(31)34)13-19-7-3-1-4-8-19;25-21-13-19(31-15-16-4-2-1-3-5-16)14-22(26)20(21)12-17-8-11-29(23(17)30)18-6-9-24(27,28)10-7-18;18-14-8-12(23)9-15(19)13(14)7-10-3-6-22(16(10)24)11-1-4-17(20,21)5-2-11;7-6(8)3-1-5(9)2-4-6/h1-10,12,15-16,21-22H,11,13-14,17-18H2;1-5,13-14,17-18H,6-12,15H2;8-11,23H,1-7H2;5H,1-4,9H2/t21-,22+;17-;10-;/m000./s1. The third kappa shape index (κ3) is 21.8. The van der Waals surface area contributed by atoms with E-state index in [0.29, 0.717) is 156 Å². The summed E-state index contributed by atoms with van der Waals surface area (Å²) in [4.78, 5) is 67.7. The molecule has 6 aliphatic rings. The molecule has 4 amide bonds. The topological polar surface area (TPSA) is 169 Å². The highest BCUT2D eigenvalue weighted by Gasteiger charge is 2.45. The lowest BCUT2D eigenvalue weighted by Crippen LogP contribution is -2.44. The number of amides is 4. The second-order valence-electron chi connectivity index (χ2n) is 26.4. The molecule has 6 fully saturated rings. The Labute approximate surface area is 608 Å². The van der Waals surface area contributed by atoms with Crippen molar-refractivity contribution in [3.63, 3.8) is 0 Å². The van der Waals surface area contributed by atoms with E-state index in [4.69, 9.17) is 89.5 Å². The number of likely N-dealkylation sites (tertiary alicyclic amines) is 2. The van der Waals surface area contributed by atoms with E-state index in [0.717, 1.165) is 27.2 Å². The summed E-state index contributed by atoms with van der Waals surface area (Å²) in [5.74, 6) is -8.33. The summed E-state index contributed by atoms with van der Waals surface area (Å²) in [5.41, 5.74) is 10.3. The van der Waals surface area contributed by atoms with Gasteiger partial charge >= 0.3 is 6.09 Å². The van der Waals surface area contributed by atoms with Crippen LogP contribution >= 0.6 is 69.6 Å². The third-order valence-corrected chi connectivity index (χ3v) is 21.2. The fraction of sp³-hybridized carbons (Fsp3) is 0.453. The summed E-state index contributed by atoms with van der Waals surface area (Å²) < 4.78 is 95.0. The number of carbonyl (C=O) groups is 5. The van der Waals surface area contributed by atoms with E-state index >= 15 is 0 Å². The molecule has 3 heterocycles. The van der Waals surface area contributed by atoms with Gasteiger partial charge in [0, 0.05) is 124 Å². The first-order valence-corrected chi connectivity index (χ1v) is 35.9. The average molecular weight is 1510 g/mol. The van der Waals surface area contributed by atoms with Crippen LogP contribution in [0.4, 0.5) is 31.1 Å². The molecule has 6 aromatic rings. The number of rotatable bonds is 19. The second kappa shape index (κ2) is 35.6. The van der Waals surface area contributed by atoms with Gasteiger partial charge in [0.25, 0.3) is 0 Å². The number of hydrogen-bond acceptors (Lipinski definition) is 10. The highest BCUT2D eigenvalue weighted by Crippen LogP contribution is 2.43. The molecule has 3 aliphatic heterocycles. The predicted octanol–water partition coefficient (Wildman–Crippen LogP) is 18.6. The Hall–Kier alpha value is -6.45. The number of aldehydes is 1. The lowest BCUT2D eigenvalue weighted by atomic mass is 9.91. The maximum atomic E-state index is 13.5. The molecule has 3 aliphatic carbocycles. The van der Waals surface area contributed by atoms with Gasteiger partial charge in [0.15, 0.2) is 0 Å². The molecular formula is C75H80Cl6F6N4O9. The van der Waals surface area contributed by atoms with Crippen LogP contribution in [0.1, 0.15) is 130 Å². The molecular weight excluding hydrogens is 1430 g/mol. The smallest absolute Gasteiger partial charge is 0.416 e. The van der Waals surface area contributed by atoms with Crippen LogP contribution in [0.25, 0.3) is 0 Å². The van der Waals surface area contributed by atoms with Crippen LogP contribution in [0.5, 0.6) is 17.2 Å². The fourth-order valence-corrected chi connectivity index (χ4v) is 15.3. The van der Waals surface area contributed by atoms with Crippen LogP contribution in [0, 0.1) is 17.8 Å². The number of alkyl halides is 6. The number of nitrogens with zero attached hydrogens (tertiary/aromatic N) is 3. The second-order valence-corrected chi connectivity index (χ2v) is 28.9. The lowest BCUT2D eigenvalue weighted by molar-refractivity contribution is -0.136. The van der Waals surface area contributed by atoms with Crippen LogP contribution in [0.3, 0.4) is 0 Å². The monoisotopic (exact) mass is 1500 g/mol. The zero-order valence-electron chi connectivity index (χ0n) is 54.9. The molecule has 0 radical (unpaired) electrons. The number of nitrogens with two attached hydrogens (primary N) is 1. The number of aromatic hydroxyl groups is 1. The molecule has 3 saturated heterocycles. The molecule has 0 unspecified atom stereocenters. The van der Waals surface area contributed by atoms with Crippen LogP contribution in [-0.4, -0.2) is 112 Å². The van der Waals surface area contributed by atoms with Crippen molar-refractivity contribution >= 4 is 99.7 Å². The first-order valence-electron chi connectivity index (χ1n) is 33.6. The van der Waals surface area contributed by atoms with E-state index < -0.39 is 41.7 Å². The molecule has 12 rings (SSSR count). The number of cyclic esters (lactones) is 1. The molecule has 4 atom stereocenters. The minimum Gasteiger partial charge on any atom is -0.508 e. The zero-order valence-corrected chi connectivity index (χ0v) is 59.4. The number of ether oxygens (including phenoxy) is 3. The van der Waals surface area contributed by atoms with E-state index in [-0.39, 0.29) is 105 Å². The zero-order chi connectivity index (χ0) is 71.9. The Balaban J connectivity index is 0.000000167. The summed E-state index contributed by atoms with van der Waals surface area (Å²) in [6.45, 7) is 2.05. The minimum absolute atomic E-state index is 0.00887. The van der Waals surface area contributed by atoms with Crippen molar-refractivity contribution in [3.8, 4) is 17.2 Å². The van der Waals surface area contributed by atoms with Crippen LogP contribution in [0.2, 0.25) is 30.1 Å². The number of carbonyl (C=O) groups excluding carboxylic acids is 5. The van der Waals surface area contributed by atoms with E-state index in [1.54, 1.807) is 34.1 Å². The van der Waals surface area contributed by atoms with Gasteiger partial charge in [0.1, 0.15) is 43.4 Å². The van der Waals surface area contributed by atoms with Crippen LogP contribution < -0.4 is 15.2 Å². The summed E-state index contributed by atoms with van der Waals surface area (Å²) in [6.07, 6.45) is 4.37. The van der Waals surface area contributed by atoms with Gasteiger partial charge in [-0.3, -0.25) is 14.4 Å². The molecule has 0 spiro atoms. The van der Waals surface area contributed by atoms with Crippen LogP contribution in [0.15, 0.2) is 127 Å². The van der Waals surface area contributed by atoms with Gasteiger partial charge in [-0.05, 0) is 147 Å². The summed E-state index contributed by atoms with van der Waals surface area (Å²) in [7, 11) is 0. The van der Waals surface area contributed by atoms with E-state index in [1.165, 1.54) is 12.1 Å². The average Bonchev–Trinajstić information content (AvgIpc) is 1.65. The highest BCUT2D eigenvalue weighted by atomic mass is 35.5. The van der Waals surface area contributed by atoms with Gasteiger partial charge in [-0.2, -0.15) is 0 Å². The summed E-state index contributed by atoms with van der Waals surface area (Å²) >= 11 is 38.3. The Bertz CT molecular complexity index is 3680. The normalized spacial score (nSPS) is 20.8. The maximum Gasteiger partial charge on any atom is 0.416 e. The third-order valence-electron chi connectivity index (χ3n) is 19.2. The molecule has 538 valence electrons. The van der Waals surface area contributed by atoms with Gasteiger partial charge in [0.05, 0.1) is 6.04 Å². The molecule has 3 saturated carbocycles. The first kappa shape index (κ1) is 77.7. The predicted molar refractivity (Wildman–Crippen MR) is 375 cm³/mol. The minimum atomic E-state index is -2.59. The van der Waals surface area contributed by atoms with Crippen molar-refractivity contribution in [2.75, 3.05) is 19.7 Å². The van der Waals surface area contributed by atoms with Gasteiger partial charge in [-0.15, -0.1) is 0 Å². The molecule has 3 N–H and O–H groups in total. The first-order chi connectivity index (χ1) is 47.6. The summed E-state index contributed by atoms with van der Waals surface area (Å²) in [6, 6.07) is 37.9. The number of hydrogen-bond donors (Lipinski definition) is 2. The van der Waals surface area contributed by atoms with E-state index in [1.807, 2.05) is 91.0 Å². The molecule has 25 heteroatoms. The van der Waals surface area contributed by atoms with Crippen LogP contribution in [-0.2, 0) is 62.8 Å². The van der Waals surface area contributed by atoms with Crippen molar-refractivity contribution in [1.29, 1.82) is 0 Å². The van der Waals surface area contributed by atoms with Crippen molar-refractivity contribution in [2.45, 2.75) is 177 Å². The number of benzene rings is 6. The molecule has 6 aromatic carbocycles. The molecule has 0 aromatic heterocycles. The molecule has 100 heavy (non-hydrogen) atoms. The van der Waals surface area contributed by atoms with Gasteiger partial charge in [-0.1, -0.05) is 161 Å². The highest BCUT2D eigenvalue weighted by molar-refractivity contribution is 6.37. The van der Waals surface area contributed by atoms with E-state index in [2.05, 4.69) is 0 Å². The van der Waals surface area contributed by atoms with Crippen molar-refractivity contribution in [1.82, 2.24) is 14.7 Å². The Morgan fingerprint density at radius 2 is 0.910 bits per heavy atom. The Morgan fingerprint density at radius 3 is 1.30 bits per heavy atom. The Morgan fingerprint density at radius 1 is 0.540 bits per heavy atom. The van der Waals surface area contributed by atoms with Crippen molar-refractivity contribution < 1.29 is 69.6 Å².